The first kappa shape index (κ1) is 19.0. The fourth-order valence-electron chi connectivity index (χ4n) is 3.42. The predicted octanol–water partition coefficient (Wildman–Crippen LogP) is 3.38. The molecule has 1 saturated heterocycles. The molecule has 1 aliphatic heterocycles. The number of halogens is 1. The number of benzene rings is 2. The largest absolute Gasteiger partial charge is 0.326 e. The van der Waals surface area contributed by atoms with E-state index in [2.05, 4.69) is 5.32 Å². The summed E-state index contributed by atoms with van der Waals surface area (Å²) in [4.78, 5) is 28.8. The van der Waals surface area contributed by atoms with E-state index in [4.69, 9.17) is 0 Å². The van der Waals surface area contributed by atoms with Crippen LogP contribution >= 0.6 is 0 Å². The molecular weight excluding hydrogens is 345 g/mol. The average molecular weight is 369 g/mol. The van der Waals surface area contributed by atoms with Gasteiger partial charge in [-0.25, -0.2) is 14.1 Å². The van der Waals surface area contributed by atoms with Crippen molar-refractivity contribution in [2.45, 2.75) is 32.4 Å². The van der Waals surface area contributed by atoms with Gasteiger partial charge in [-0.1, -0.05) is 48.9 Å². The van der Waals surface area contributed by atoms with E-state index < -0.39 is 11.6 Å². The van der Waals surface area contributed by atoms with E-state index in [9.17, 15) is 14.0 Å². The smallest absolute Gasteiger partial charge is 0.319 e. The maximum Gasteiger partial charge on any atom is 0.326 e. The molecule has 3 amide bonds. The second-order valence-corrected chi connectivity index (χ2v) is 7.07. The first-order valence-electron chi connectivity index (χ1n) is 9.00. The van der Waals surface area contributed by atoms with E-state index in [1.807, 2.05) is 50.1 Å². The molecule has 2 aromatic rings. The standard InChI is InChI=1S/C21H24FN3O2/c1-4-21(17-9-5-15(2)6-10-17)19(26)25(20(27)23-21)14-24(3)13-16-7-11-18(22)12-8-16/h5-12H,4,13-14H2,1-3H3,(H,23,27). The molecule has 1 fully saturated rings. The van der Waals surface area contributed by atoms with Crippen LogP contribution in [0.25, 0.3) is 0 Å². The van der Waals surface area contributed by atoms with Gasteiger partial charge in [0, 0.05) is 6.54 Å². The summed E-state index contributed by atoms with van der Waals surface area (Å²) in [7, 11) is 1.82. The highest BCUT2D eigenvalue weighted by molar-refractivity contribution is 6.07. The topological polar surface area (TPSA) is 52.7 Å². The molecule has 1 N–H and O–H groups in total. The molecule has 1 atom stereocenters. The lowest BCUT2D eigenvalue weighted by molar-refractivity contribution is -0.133. The molecule has 0 bridgehead atoms. The SMILES string of the molecule is CCC1(c2ccc(C)cc2)NC(=O)N(CN(C)Cc2ccc(F)cc2)C1=O. The number of imide groups is 1. The summed E-state index contributed by atoms with van der Waals surface area (Å²) in [6, 6.07) is 13.5. The molecular formula is C21H24FN3O2. The number of aryl methyl sites for hydroxylation is 1. The monoisotopic (exact) mass is 369 g/mol. The van der Waals surface area contributed by atoms with Crippen molar-refractivity contribution in [1.29, 1.82) is 0 Å². The molecule has 1 unspecified atom stereocenters. The number of nitrogens with one attached hydrogen (secondary N) is 1. The van der Waals surface area contributed by atoms with Gasteiger partial charge in [-0.2, -0.15) is 0 Å². The van der Waals surface area contributed by atoms with E-state index >= 15 is 0 Å². The van der Waals surface area contributed by atoms with Crippen LogP contribution in [-0.2, 0) is 16.9 Å². The average Bonchev–Trinajstić information content (AvgIpc) is 2.89. The Balaban J connectivity index is 1.76. The van der Waals surface area contributed by atoms with Crippen molar-refractivity contribution in [1.82, 2.24) is 15.1 Å². The summed E-state index contributed by atoms with van der Waals surface area (Å²) < 4.78 is 13.0. The van der Waals surface area contributed by atoms with Crippen molar-refractivity contribution in [3.63, 3.8) is 0 Å². The highest BCUT2D eigenvalue weighted by atomic mass is 19.1. The van der Waals surface area contributed by atoms with Crippen molar-refractivity contribution in [2.75, 3.05) is 13.7 Å². The Bertz CT molecular complexity index is 836. The Labute approximate surface area is 158 Å². The summed E-state index contributed by atoms with van der Waals surface area (Å²) >= 11 is 0. The van der Waals surface area contributed by atoms with Crippen molar-refractivity contribution < 1.29 is 14.0 Å². The Morgan fingerprint density at radius 1 is 1.07 bits per heavy atom. The first-order chi connectivity index (χ1) is 12.9. The van der Waals surface area contributed by atoms with Crippen molar-refractivity contribution >= 4 is 11.9 Å². The van der Waals surface area contributed by atoms with E-state index in [0.29, 0.717) is 13.0 Å². The molecule has 0 spiro atoms. The summed E-state index contributed by atoms with van der Waals surface area (Å²) in [5.41, 5.74) is 1.77. The summed E-state index contributed by atoms with van der Waals surface area (Å²) in [5, 5.41) is 2.89. The zero-order chi connectivity index (χ0) is 19.6. The Morgan fingerprint density at radius 3 is 2.30 bits per heavy atom. The molecule has 1 aliphatic rings. The lowest BCUT2D eigenvalue weighted by atomic mass is 9.87. The third-order valence-corrected chi connectivity index (χ3v) is 5.00. The van der Waals surface area contributed by atoms with Gasteiger partial charge in [0.05, 0.1) is 6.67 Å². The number of carbonyl (C=O) groups is 2. The van der Waals surface area contributed by atoms with Gasteiger partial charge in [0.2, 0.25) is 0 Å². The van der Waals surface area contributed by atoms with E-state index in [1.54, 1.807) is 12.1 Å². The lowest BCUT2D eigenvalue weighted by Crippen LogP contribution is -2.44. The van der Waals surface area contributed by atoms with Crippen LogP contribution in [0.4, 0.5) is 9.18 Å². The van der Waals surface area contributed by atoms with Gasteiger partial charge in [-0.3, -0.25) is 9.69 Å². The van der Waals surface area contributed by atoms with Crippen molar-refractivity contribution in [3.8, 4) is 0 Å². The quantitative estimate of drug-likeness (QED) is 0.794. The molecule has 3 rings (SSSR count). The molecule has 0 radical (unpaired) electrons. The molecule has 0 aromatic heterocycles. The maximum atomic E-state index is 13.2. The van der Waals surface area contributed by atoms with Gasteiger partial charge in [0.15, 0.2) is 0 Å². The van der Waals surface area contributed by atoms with Crippen molar-refractivity contribution in [2.24, 2.45) is 0 Å². The lowest BCUT2D eigenvalue weighted by Gasteiger charge is -2.27. The zero-order valence-electron chi connectivity index (χ0n) is 15.8. The Kier molecular flexibility index (Phi) is 5.28. The number of nitrogens with zero attached hydrogens (tertiary/aromatic N) is 2. The van der Waals surface area contributed by atoms with Gasteiger partial charge in [0.1, 0.15) is 11.4 Å². The normalized spacial score (nSPS) is 19.7. The molecule has 1 heterocycles. The van der Waals surface area contributed by atoms with Crippen LogP contribution in [0.15, 0.2) is 48.5 Å². The molecule has 2 aromatic carbocycles. The van der Waals surface area contributed by atoms with Gasteiger partial charge in [0.25, 0.3) is 5.91 Å². The first-order valence-corrected chi connectivity index (χ1v) is 9.00. The summed E-state index contributed by atoms with van der Waals surface area (Å²) in [5.74, 6) is -0.536. The van der Waals surface area contributed by atoms with Gasteiger partial charge >= 0.3 is 6.03 Å². The fraction of sp³-hybridized carbons (Fsp3) is 0.333. The maximum absolute atomic E-state index is 13.2. The van der Waals surface area contributed by atoms with E-state index in [0.717, 1.165) is 16.7 Å². The number of hydrogen-bond acceptors (Lipinski definition) is 3. The molecule has 6 heteroatoms. The number of amides is 3. The minimum absolute atomic E-state index is 0.162. The van der Waals surface area contributed by atoms with Crippen LogP contribution < -0.4 is 5.32 Å². The summed E-state index contributed by atoms with van der Waals surface area (Å²) in [6.45, 7) is 4.54. The van der Waals surface area contributed by atoms with E-state index in [1.165, 1.54) is 17.0 Å². The summed E-state index contributed by atoms with van der Waals surface area (Å²) in [6.07, 6.45) is 0.471. The highest BCUT2D eigenvalue weighted by Gasteiger charge is 2.51. The molecule has 0 aliphatic carbocycles. The van der Waals surface area contributed by atoms with Gasteiger partial charge in [-0.15, -0.1) is 0 Å². The van der Waals surface area contributed by atoms with Crippen LogP contribution in [0, 0.1) is 12.7 Å². The Hall–Kier alpha value is -2.73. The van der Waals surface area contributed by atoms with E-state index in [-0.39, 0.29) is 18.4 Å². The number of hydrogen-bond donors (Lipinski definition) is 1. The predicted molar refractivity (Wildman–Crippen MR) is 101 cm³/mol. The van der Waals surface area contributed by atoms with Crippen LogP contribution in [0.1, 0.15) is 30.0 Å². The van der Waals surface area contributed by atoms with Crippen LogP contribution in [0.3, 0.4) is 0 Å². The van der Waals surface area contributed by atoms with Crippen molar-refractivity contribution in [3.05, 3.63) is 71.0 Å². The fourth-order valence-corrected chi connectivity index (χ4v) is 3.42. The number of carbonyl (C=O) groups excluding carboxylic acids is 2. The third kappa shape index (κ3) is 3.71. The molecule has 0 saturated carbocycles. The minimum atomic E-state index is -1.03. The van der Waals surface area contributed by atoms with Gasteiger partial charge in [-0.05, 0) is 43.7 Å². The number of urea groups is 1. The van der Waals surface area contributed by atoms with Crippen LogP contribution in [-0.4, -0.2) is 35.5 Å². The zero-order valence-corrected chi connectivity index (χ0v) is 15.8. The number of rotatable bonds is 6. The third-order valence-electron chi connectivity index (χ3n) is 5.00. The van der Waals surface area contributed by atoms with Crippen LogP contribution in [0.2, 0.25) is 0 Å². The highest BCUT2D eigenvalue weighted by Crippen LogP contribution is 2.32. The second kappa shape index (κ2) is 7.48. The Morgan fingerprint density at radius 2 is 1.70 bits per heavy atom. The molecule has 5 nitrogen and oxygen atoms in total. The molecule has 27 heavy (non-hydrogen) atoms. The second-order valence-electron chi connectivity index (χ2n) is 7.07. The molecule has 142 valence electrons. The van der Waals surface area contributed by atoms with Crippen LogP contribution in [0.5, 0.6) is 0 Å². The van der Waals surface area contributed by atoms with Gasteiger partial charge < -0.3 is 5.32 Å². The minimum Gasteiger partial charge on any atom is -0.319 e.